The molecule has 0 amide bonds. The minimum absolute atomic E-state index is 0.345. The highest BCUT2D eigenvalue weighted by Gasteiger charge is 2.17. The fraction of sp³-hybridized carbons (Fsp3) is 0.200. The topological polar surface area (TPSA) is 87.2 Å². The van der Waals surface area contributed by atoms with Crippen LogP contribution >= 0.6 is 22.6 Å². The van der Waals surface area contributed by atoms with Crippen LogP contribution in [0, 0.1) is 3.70 Å². The first-order valence-corrected chi connectivity index (χ1v) is 10.0. The van der Waals surface area contributed by atoms with Crippen LogP contribution in [0.3, 0.4) is 0 Å². The number of carbonyl (C=O) groups is 2. The number of aromatic nitrogens is 4. The molecule has 0 N–H and O–H groups in total. The summed E-state index contributed by atoms with van der Waals surface area (Å²) in [7, 11) is 0. The first-order chi connectivity index (χ1) is 14.0. The van der Waals surface area contributed by atoms with Crippen LogP contribution in [-0.2, 0) is 9.47 Å². The van der Waals surface area contributed by atoms with E-state index in [9.17, 15) is 9.59 Å². The van der Waals surface area contributed by atoms with Gasteiger partial charge in [-0.25, -0.2) is 19.6 Å². The van der Waals surface area contributed by atoms with Crippen molar-refractivity contribution in [2.75, 3.05) is 13.2 Å². The second kappa shape index (κ2) is 9.50. The Bertz CT molecular complexity index is 1120. The molecule has 8 nitrogen and oxygen atoms in total. The van der Waals surface area contributed by atoms with E-state index in [2.05, 4.69) is 32.6 Å². The molecule has 0 aliphatic heterocycles. The van der Waals surface area contributed by atoms with Gasteiger partial charge in [-0.3, -0.25) is 4.40 Å². The van der Waals surface area contributed by atoms with Crippen molar-refractivity contribution in [3.8, 4) is 0 Å². The molecule has 0 radical (unpaired) electrons. The van der Waals surface area contributed by atoms with E-state index in [1.165, 1.54) is 0 Å². The van der Waals surface area contributed by atoms with E-state index >= 15 is 0 Å². The zero-order valence-corrected chi connectivity index (χ0v) is 18.1. The van der Waals surface area contributed by atoms with Crippen LogP contribution in [0.2, 0.25) is 0 Å². The molecule has 0 atom stereocenters. The number of hydrogen-bond donors (Lipinski definition) is 0. The third-order valence-corrected chi connectivity index (χ3v) is 4.82. The van der Waals surface area contributed by atoms with Gasteiger partial charge in [-0.15, -0.1) is 0 Å². The van der Waals surface area contributed by atoms with Gasteiger partial charge in [0, 0.05) is 18.6 Å². The Balaban J connectivity index is 0.000000166. The van der Waals surface area contributed by atoms with Crippen molar-refractivity contribution in [2.45, 2.75) is 13.8 Å². The van der Waals surface area contributed by atoms with Gasteiger partial charge in [-0.05, 0) is 60.7 Å². The van der Waals surface area contributed by atoms with Crippen molar-refractivity contribution >= 4 is 45.8 Å². The number of halogens is 1. The molecular weight excluding hydrogens is 487 g/mol. The third kappa shape index (κ3) is 4.73. The predicted molar refractivity (Wildman–Crippen MR) is 115 cm³/mol. The molecule has 0 spiro atoms. The molecule has 4 aromatic rings. The fourth-order valence-electron chi connectivity index (χ4n) is 2.53. The summed E-state index contributed by atoms with van der Waals surface area (Å²) < 4.78 is 14.2. The van der Waals surface area contributed by atoms with Gasteiger partial charge in [-0.2, -0.15) is 0 Å². The van der Waals surface area contributed by atoms with E-state index in [1.807, 2.05) is 53.2 Å². The number of nitrogens with zero attached hydrogens (tertiary/aromatic N) is 4. The lowest BCUT2D eigenvalue weighted by Gasteiger charge is -1.97. The average Bonchev–Trinajstić information content (AvgIpc) is 3.31. The standard InChI is InChI=1S/C10H9IN2O2.C10H10N2O2/c1-2-15-10(14)8-9(11)13-6-4-3-5-7(13)12-8;1-2-14-10(13)8-7-12-6-4-3-5-9(12)11-8/h3-6H,2H2,1H3;3-7H,2H2,1H3. The summed E-state index contributed by atoms with van der Waals surface area (Å²) in [4.78, 5) is 31.2. The second-order valence-electron chi connectivity index (χ2n) is 5.71. The first-order valence-electron chi connectivity index (χ1n) is 8.95. The Labute approximate surface area is 180 Å². The molecule has 0 aliphatic rings. The van der Waals surface area contributed by atoms with Gasteiger partial charge in [0.2, 0.25) is 0 Å². The van der Waals surface area contributed by atoms with Crippen molar-refractivity contribution in [1.29, 1.82) is 0 Å². The van der Waals surface area contributed by atoms with Gasteiger partial charge >= 0.3 is 11.9 Å². The molecule has 0 aliphatic carbocycles. The number of esters is 2. The lowest BCUT2D eigenvalue weighted by Crippen LogP contribution is -2.06. The number of rotatable bonds is 4. The van der Waals surface area contributed by atoms with Gasteiger partial charge < -0.3 is 13.9 Å². The van der Waals surface area contributed by atoms with Gasteiger partial charge in [0.15, 0.2) is 11.4 Å². The average molecular weight is 506 g/mol. The van der Waals surface area contributed by atoms with Crippen molar-refractivity contribution in [3.05, 3.63) is 70.1 Å². The summed E-state index contributed by atoms with van der Waals surface area (Å²) in [6, 6.07) is 11.2. The van der Waals surface area contributed by atoms with Gasteiger partial charge in [0.25, 0.3) is 0 Å². The van der Waals surface area contributed by atoms with Crippen molar-refractivity contribution in [1.82, 2.24) is 18.8 Å². The molecule has 0 saturated carbocycles. The van der Waals surface area contributed by atoms with E-state index in [0.717, 1.165) is 15.0 Å². The molecule has 4 heterocycles. The Kier molecular flexibility index (Phi) is 6.81. The molecule has 0 unspecified atom stereocenters. The Morgan fingerprint density at radius 2 is 1.59 bits per heavy atom. The molecule has 0 saturated heterocycles. The highest BCUT2D eigenvalue weighted by Crippen LogP contribution is 2.15. The molecule has 150 valence electrons. The molecule has 0 fully saturated rings. The normalized spacial score (nSPS) is 10.4. The number of hydrogen-bond acceptors (Lipinski definition) is 6. The van der Waals surface area contributed by atoms with E-state index in [1.54, 1.807) is 24.4 Å². The Morgan fingerprint density at radius 3 is 2.24 bits per heavy atom. The largest absolute Gasteiger partial charge is 0.461 e. The molecule has 9 heteroatoms. The maximum Gasteiger partial charge on any atom is 0.359 e. The van der Waals surface area contributed by atoms with Crippen LogP contribution in [0.25, 0.3) is 11.3 Å². The third-order valence-electron chi connectivity index (χ3n) is 3.79. The van der Waals surface area contributed by atoms with Crippen LogP contribution in [0.5, 0.6) is 0 Å². The molecule has 0 aromatic carbocycles. The van der Waals surface area contributed by atoms with Crippen LogP contribution in [0.15, 0.2) is 55.0 Å². The summed E-state index contributed by atoms with van der Waals surface area (Å²) >= 11 is 2.09. The zero-order chi connectivity index (χ0) is 20.8. The van der Waals surface area contributed by atoms with Crippen molar-refractivity contribution < 1.29 is 19.1 Å². The SMILES string of the molecule is CCOC(=O)c1cn2ccccc2n1.CCOC(=O)c1nc2ccccn2c1I. The maximum absolute atomic E-state index is 11.5. The summed E-state index contributed by atoms with van der Waals surface area (Å²) in [6.07, 6.45) is 5.37. The summed E-state index contributed by atoms with van der Waals surface area (Å²) in [5.74, 6) is -0.748. The number of imidazole rings is 2. The lowest BCUT2D eigenvalue weighted by molar-refractivity contribution is 0.0510. The van der Waals surface area contributed by atoms with Gasteiger partial charge in [-0.1, -0.05) is 12.1 Å². The molecule has 29 heavy (non-hydrogen) atoms. The van der Waals surface area contributed by atoms with E-state index in [-0.39, 0.29) is 11.9 Å². The number of pyridine rings is 2. The van der Waals surface area contributed by atoms with E-state index in [0.29, 0.717) is 24.6 Å². The van der Waals surface area contributed by atoms with Crippen LogP contribution in [0.1, 0.15) is 34.8 Å². The van der Waals surface area contributed by atoms with Crippen molar-refractivity contribution in [2.24, 2.45) is 0 Å². The predicted octanol–water partition coefficient (Wildman–Crippen LogP) is 3.63. The number of ether oxygens (including phenoxy) is 2. The molecular formula is C20H19IN4O4. The number of carbonyl (C=O) groups excluding carboxylic acids is 2. The Hall–Kier alpha value is -2.95. The fourth-order valence-corrected chi connectivity index (χ4v) is 3.28. The first kappa shape index (κ1) is 20.8. The highest BCUT2D eigenvalue weighted by molar-refractivity contribution is 14.1. The smallest absolute Gasteiger partial charge is 0.359 e. The summed E-state index contributed by atoms with van der Waals surface area (Å²) in [5.41, 5.74) is 2.22. The van der Waals surface area contributed by atoms with Gasteiger partial charge in [0.05, 0.1) is 13.2 Å². The molecule has 4 aromatic heterocycles. The summed E-state index contributed by atoms with van der Waals surface area (Å²) in [6.45, 7) is 4.28. The Morgan fingerprint density at radius 1 is 0.931 bits per heavy atom. The minimum Gasteiger partial charge on any atom is -0.461 e. The second-order valence-corrected chi connectivity index (χ2v) is 6.74. The van der Waals surface area contributed by atoms with E-state index in [4.69, 9.17) is 9.47 Å². The zero-order valence-electron chi connectivity index (χ0n) is 15.9. The monoisotopic (exact) mass is 506 g/mol. The maximum atomic E-state index is 11.5. The van der Waals surface area contributed by atoms with E-state index < -0.39 is 0 Å². The van der Waals surface area contributed by atoms with Crippen LogP contribution in [-0.4, -0.2) is 43.9 Å². The number of fused-ring (bicyclic) bond motifs is 2. The van der Waals surface area contributed by atoms with Crippen molar-refractivity contribution in [3.63, 3.8) is 0 Å². The van der Waals surface area contributed by atoms with Crippen LogP contribution < -0.4 is 0 Å². The van der Waals surface area contributed by atoms with Gasteiger partial charge in [0.1, 0.15) is 15.0 Å². The quantitative estimate of drug-likeness (QED) is 0.311. The molecule has 4 rings (SSSR count). The summed E-state index contributed by atoms with van der Waals surface area (Å²) in [5, 5.41) is 0. The highest BCUT2D eigenvalue weighted by atomic mass is 127. The molecule has 0 bridgehead atoms. The minimum atomic E-state index is -0.379. The lowest BCUT2D eigenvalue weighted by atomic mass is 10.5. The van der Waals surface area contributed by atoms with Crippen LogP contribution in [0.4, 0.5) is 0 Å².